The van der Waals surface area contributed by atoms with Crippen molar-refractivity contribution >= 4 is 15.8 Å². The minimum atomic E-state index is -2.99. The van der Waals surface area contributed by atoms with Gasteiger partial charge in [-0.3, -0.25) is 0 Å². The van der Waals surface area contributed by atoms with Crippen LogP contribution in [0.4, 0.5) is 0 Å². The van der Waals surface area contributed by atoms with Crippen LogP contribution in [0.5, 0.6) is 0 Å². The molecule has 5 nitrogen and oxygen atoms in total. The summed E-state index contributed by atoms with van der Waals surface area (Å²) in [6.07, 6.45) is 1.75. The summed E-state index contributed by atoms with van der Waals surface area (Å²) in [6.45, 7) is 1.39. The van der Waals surface area contributed by atoms with Gasteiger partial charge in [0.05, 0.1) is 24.3 Å². The Morgan fingerprint density at radius 1 is 1.38 bits per heavy atom. The largest absolute Gasteiger partial charge is 0.550 e. The van der Waals surface area contributed by atoms with E-state index in [0.29, 0.717) is 32.4 Å². The zero-order valence-corrected chi connectivity index (χ0v) is 9.76. The number of allylic oxidation sites excluding steroid dienone is 1. The lowest BCUT2D eigenvalue weighted by molar-refractivity contribution is -0.868. The van der Waals surface area contributed by atoms with Crippen molar-refractivity contribution in [2.45, 2.75) is 19.3 Å². The molecule has 0 aliphatic carbocycles. The Kier molecular flexibility index (Phi) is 3.03. The highest BCUT2D eigenvalue weighted by Gasteiger charge is 2.30. The first-order chi connectivity index (χ1) is 7.48. The average molecular weight is 245 g/mol. The van der Waals surface area contributed by atoms with Gasteiger partial charge in [0.25, 0.3) is 0 Å². The summed E-state index contributed by atoms with van der Waals surface area (Å²) < 4.78 is 22.5. The molecule has 0 amide bonds. The topological polar surface area (TPSA) is 78.7 Å². The molecule has 0 spiro atoms. The van der Waals surface area contributed by atoms with Crippen molar-refractivity contribution in [2.24, 2.45) is 5.92 Å². The van der Waals surface area contributed by atoms with Crippen LogP contribution in [0, 0.1) is 5.92 Å². The summed E-state index contributed by atoms with van der Waals surface area (Å²) in [5.74, 6) is -1.13. The second-order valence-corrected chi connectivity index (χ2v) is 6.43. The fourth-order valence-electron chi connectivity index (χ4n) is 2.37. The van der Waals surface area contributed by atoms with Crippen LogP contribution in [0.15, 0.2) is 11.1 Å². The monoisotopic (exact) mass is 245 g/mol. The van der Waals surface area contributed by atoms with E-state index in [1.807, 2.05) is 0 Å². The lowest BCUT2D eigenvalue weighted by atomic mass is 9.97. The molecule has 0 bridgehead atoms. The summed E-state index contributed by atoms with van der Waals surface area (Å²) >= 11 is 0. The summed E-state index contributed by atoms with van der Waals surface area (Å²) in [5.41, 5.74) is 0.914. The maximum absolute atomic E-state index is 11.3. The van der Waals surface area contributed by atoms with E-state index < -0.39 is 15.8 Å². The van der Waals surface area contributed by atoms with Crippen molar-refractivity contribution in [3.05, 3.63) is 11.1 Å². The molecule has 0 unspecified atom stereocenters. The molecule has 2 heterocycles. The Morgan fingerprint density at radius 3 is 2.44 bits per heavy atom. The lowest BCUT2D eigenvalue weighted by Crippen LogP contribution is -3.11. The molecule has 2 aliphatic heterocycles. The van der Waals surface area contributed by atoms with Gasteiger partial charge in [-0.05, 0) is 0 Å². The quantitative estimate of drug-likeness (QED) is 0.593. The number of nitrogens with one attached hydrogen (secondary N) is 1. The van der Waals surface area contributed by atoms with Crippen LogP contribution < -0.4 is 10.0 Å². The van der Waals surface area contributed by atoms with Crippen molar-refractivity contribution in [3.8, 4) is 0 Å². The zero-order valence-electron chi connectivity index (χ0n) is 8.94. The molecular weight excluding hydrogens is 230 g/mol. The second-order valence-electron chi connectivity index (χ2n) is 4.46. The van der Waals surface area contributed by atoms with E-state index >= 15 is 0 Å². The van der Waals surface area contributed by atoms with E-state index in [1.165, 1.54) is 5.41 Å². The highest BCUT2D eigenvalue weighted by atomic mass is 32.2. The normalized spacial score (nSPS) is 33.4. The Bertz CT molecular complexity index is 418. The van der Waals surface area contributed by atoms with Crippen LogP contribution in [-0.4, -0.2) is 33.2 Å². The first-order valence-electron chi connectivity index (χ1n) is 5.47. The van der Waals surface area contributed by atoms with Crippen LogP contribution in [0.3, 0.4) is 0 Å². The number of carboxylic acids is 1. The number of quaternary nitrogens is 1. The zero-order chi connectivity index (χ0) is 11.8. The fourth-order valence-corrected chi connectivity index (χ4v) is 3.71. The highest BCUT2D eigenvalue weighted by Crippen LogP contribution is 2.14. The van der Waals surface area contributed by atoms with Gasteiger partial charge in [0.2, 0.25) is 0 Å². The summed E-state index contributed by atoms with van der Waals surface area (Å²) in [5, 5.41) is 12.0. The summed E-state index contributed by atoms with van der Waals surface area (Å²) in [7, 11) is -2.99. The van der Waals surface area contributed by atoms with Crippen LogP contribution in [0.2, 0.25) is 0 Å². The smallest absolute Gasteiger partial charge is 0.177 e. The number of aliphatic carboxylic acids is 1. The number of rotatable bonds is 2. The molecule has 0 aromatic carbocycles. The maximum atomic E-state index is 11.3. The standard InChI is InChI=1S/C10H15NO4S/c12-10(13)8-1-4-11(5-2-8)9-3-6-16(14,15)7-9/h7-8H,1-6H2,(H,12,13). The Morgan fingerprint density at radius 2 is 2.00 bits per heavy atom. The first kappa shape index (κ1) is 11.6. The lowest BCUT2D eigenvalue weighted by Gasteiger charge is -2.29. The van der Waals surface area contributed by atoms with E-state index in [0.717, 1.165) is 10.6 Å². The third-order valence-electron chi connectivity index (χ3n) is 3.35. The molecule has 1 saturated heterocycles. The molecule has 0 radical (unpaired) electrons. The van der Waals surface area contributed by atoms with Crippen molar-refractivity contribution in [1.29, 1.82) is 0 Å². The van der Waals surface area contributed by atoms with Gasteiger partial charge in [-0.25, -0.2) is 8.42 Å². The number of hydrogen-bond acceptors (Lipinski definition) is 4. The second kappa shape index (κ2) is 4.18. The van der Waals surface area contributed by atoms with Crippen LogP contribution in [0.25, 0.3) is 0 Å². The number of likely N-dealkylation sites (tertiary alicyclic amines) is 1. The number of piperidine rings is 1. The predicted molar refractivity (Wildman–Crippen MR) is 54.9 cm³/mol. The Labute approximate surface area is 94.7 Å². The minimum Gasteiger partial charge on any atom is -0.550 e. The minimum absolute atomic E-state index is 0.204. The molecule has 1 N–H and O–H groups in total. The number of carbonyl (C=O) groups excluding carboxylic acids is 1. The molecule has 0 atom stereocenters. The molecule has 2 rings (SSSR count). The molecule has 0 saturated carbocycles. The fraction of sp³-hybridized carbons (Fsp3) is 0.700. The van der Waals surface area contributed by atoms with Crippen molar-refractivity contribution < 1.29 is 23.2 Å². The number of sulfone groups is 1. The van der Waals surface area contributed by atoms with Crippen molar-refractivity contribution in [2.75, 3.05) is 18.8 Å². The molecule has 0 aromatic heterocycles. The van der Waals surface area contributed by atoms with Crippen molar-refractivity contribution in [1.82, 2.24) is 0 Å². The van der Waals surface area contributed by atoms with Gasteiger partial charge in [0.1, 0.15) is 5.70 Å². The average Bonchev–Trinajstić information content (AvgIpc) is 2.59. The Hall–Kier alpha value is -0.880. The van der Waals surface area contributed by atoms with E-state index in [2.05, 4.69) is 0 Å². The number of carbonyl (C=O) groups is 1. The summed E-state index contributed by atoms with van der Waals surface area (Å²) in [6, 6.07) is 0. The van der Waals surface area contributed by atoms with E-state index in [4.69, 9.17) is 0 Å². The molecule has 90 valence electrons. The van der Waals surface area contributed by atoms with E-state index in [1.54, 1.807) is 0 Å². The van der Waals surface area contributed by atoms with Crippen LogP contribution in [0.1, 0.15) is 19.3 Å². The molecule has 0 aromatic rings. The van der Waals surface area contributed by atoms with Crippen molar-refractivity contribution in [3.63, 3.8) is 0 Å². The van der Waals surface area contributed by atoms with E-state index in [9.17, 15) is 18.3 Å². The maximum Gasteiger partial charge on any atom is 0.177 e. The Balaban J connectivity index is 1.98. The number of carboxylic acid groups (broad SMARTS) is 1. The third-order valence-corrected chi connectivity index (χ3v) is 4.77. The SMILES string of the molecule is O=C([O-])C1CC[NH+](C2=CS(=O)(=O)CC2)CC1. The van der Waals surface area contributed by atoms with Gasteiger partial charge in [0.15, 0.2) is 9.84 Å². The van der Waals surface area contributed by atoms with Gasteiger partial charge >= 0.3 is 0 Å². The molecule has 2 aliphatic rings. The third kappa shape index (κ3) is 2.44. The predicted octanol–water partition coefficient (Wildman–Crippen LogP) is -2.31. The van der Waals surface area contributed by atoms with Crippen LogP contribution in [-0.2, 0) is 14.6 Å². The first-order valence-corrected chi connectivity index (χ1v) is 7.19. The molecule has 1 fully saturated rings. The van der Waals surface area contributed by atoms with Crippen LogP contribution >= 0.6 is 0 Å². The summed E-state index contributed by atoms with van der Waals surface area (Å²) in [4.78, 5) is 11.8. The number of hydrogen-bond donors (Lipinski definition) is 1. The van der Waals surface area contributed by atoms with Gasteiger partial charge in [0, 0.05) is 31.1 Å². The van der Waals surface area contributed by atoms with Gasteiger partial charge in [-0.15, -0.1) is 0 Å². The van der Waals surface area contributed by atoms with E-state index in [-0.39, 0.29) is 11.7 Å². The molecular formula is C10H15NO4S. The van der Waals surface area contributed by atoms with Gasteiger partial charge in [-0.2, -0.15) is 0 Å². The molecule has 6 heteroatoms. The highest BCUT2D eigenvalue weighted by molar-refractivity contribution is 7.94. The molecule has 16 heavy (non-hydrogen) atoms. The van der Waals surface area contributed by atoms with Gasteiger partial charge in [-0.1, -0.05) is 0 Å². The van der Waals surface area contributed by atoms with Gasteiger partial charge < -0.3 is 14.8 Å².